The topological polar surface area (TPSA) is 79.9 Å². The van der Waals surface area contributed by atoms with Gasteiger partial charge >= 0.3 is 0 Å². The van der Waals surface area contributed by atoms with Crippen molar-refractivity contribution in [3.63, 3.8) is 0 Å². The van der Waals surface area contributed by atoms with Crippen LogP contribution in [0.2, 0.25) is 0 Å². The molecule has 0 spiro atoms. The Labute approximate surface area is 182 Å². The molecule has 2 amide bonds. The maximum absolute atomic E-state index is 12.9. The van der Waals surface area contributed by atoms with E-state index in [4.69, 9.17) is 9.47 Å². The Balaban J connectivity index is 1.44. The predicted octanol–water partition coefficient (Wildman–Crippen LogP) is 3.97. The first-order valence-corrected chi connectivity index (χ1v) is 10.8. The van der Waals surface area contributed by atoms with E-state index in [1.54, 1.807) is 24.3 Å². The van der Waals surface area contributed by atoms with Gasteiger partial charge in [-0.2, -0.15) is 0 Å². The molecule has 0 unspecified atom stereocenters. The lowest BCUT2D eigenvalue weighted by atomic mass is 10.0. The molecule has 2 aromatic carbocycles. The second-order valence-electron chi connectivity index (χ2n) is 8.08. The summed E-state index contributed by atoms with van der Waals surface area (Å²) in [6.45, 7) is 5.61. The van der Waals surface area contributed by atoms with Gasteiger partial charge in [0.25, 0.3) is 0 Å². The first-order chi connectivity index (χ1) is 15.0. The van der Waals surface area contributed by atoms with Crippen molar-refractivity contribution < 1.29 is 19.1 Å². The number of carbonyl (C=O) groups excluding carboxylic acids is 2. The third-order valence-corrected chi connectivity index (χ3v) is 5.80. The quantitative estimate of drug-likeness (QED) is 0.761. The van der Waals surface area contributed by atoms with Crippen LogP contribution in [0.25, 0.3) is 0 Å². The monoisotopic (exact) mass is 423 g/mol. The molecule has 31 heavy (non-hydrogen) atoms. The summed E-state index contributed by atoms with van der Waals surface area (Å²) in [5.74, 6) is 1.41. The summed E-state index contributed by atoms with van der Waals surface area (Å²) >= 11 is 0. The number of likely N-dealkylation sites (tertiary alicyclic amines) is 1. The normalized spacial score (nSPS) is 19.4. The minimum absolute atomic E-state index is 0.0477. The van der Waals surface area contributed by atoms with Gasteiger partial charge in [0.1, 0.15) is 0 Å². The van der Waals surface area contributed by atoms with Crippen LogP contribution in [0.1, 0.15) is 44.7 Å². The summed E-state index contributed by atoms with van der Waals surface area (Å²) in [5.41, 5.74) is 2.56. The zero-order valence-electron chi connectivity index (χ0n) is 18.0. The fourth-order valence-corrected chi connectivity index (χ4v) is 4.24. The largest absolute Gasteiger partial charge is 0.490 e. The molecule has 0 aromatic heterocycles. The highest BCUT2D eigenvalue weighted by Crippen LogP contribution is 2.38. The van der Waals surface area contributed by atoms with E-state index in [9.17, 15) is 9.59 Å². The van der Waals surface area contributed by atoms with E-state index in [1.165, 1.54) is 6.92 Å². The smallest absolute Gasteiger partial charge is 0.241 e. The van der Waals surface area contributed by atoms with E-state index in [0.29, 0.717) is 24.6 Å². The standard InChI is InChI=1S/C24H29N3O4/c1-16(24(29)26-20-9-7-19(8-10-20)25-17(2)28)27-12-3-5-21(27)18-6-11-22-23(15-18)31-14-4-13-30-22/h6-11,15-16,21H,3-5,12-14H2,1-2H3,(H,25,28)(H,26,29)/t16-,21+/m0/s1. The van der Waals surface area contributed by atoms with Crippen molar-refractivity contribution in [1.29, 1.82) is 0 Å². The van der Waals surface area contributed by atoms with E-state index in [-0.39, 0.29) is 23.9 Å². The van der Waals surface area contributed by atoms with Gasteiger partial charge in [-0.05, 0) is 68.3 Å². The maximum atomic E-state index is 12.9. The second-order valence-corrected chi connectivity index (χ2v) is 8.08. The average Bonchev–Trinajstić information content (AvgIpc) is 3.12. The fourth-order valence-electron chi connectivity index (χ4n) is 4.24. The number of carbonyl (C=O) groups is 2. The highest BCUT2D eigenvalue weighted by molar-refractivity contribution is 5.95. The lowest BCUT2D eigenvalue weighted by Crippen LogP contribution is -2.41. The summed E-state index contributed by atoms with van der Waals surface area (Å²) < 4.78 is 11.6. The van der Waals surface area contributed by atoms with Crippen LogP contribution in [0.4, 0.5) is 11.4 Å². The zero-order chi connectivity index (χ0) is 21.8. The summed E-state index contributed by atoms with van der Waals surface area (Å²) in [7, 11) is 0. The number of amides is 2. The van der Waals surface area contributed by atoms with Crippen molar-refractivity contribution in [2.45, 2.75) is 45.2 Å². The molecule has 2 aromatic rings. The van der Waals surface area contributed by atoms with Crippen molar-refractivity contribution in [2.24, 2.45) is 0 Å². The van der Waals surface area contributed by atoms with Gasteiger partial charge in [0, 0.05) is 30.8 Å². The van der Waals surface area contributed by atoms with E-state index in [0.717, 1.165) is 42.9 Å². The van der Waals surface area contributed by atoms with Crippen LogP contribution in [0.15, 0.2) is 42.5 Å². The molecule has 2 aliphatic rings. The molecule has 0 saturated carbocycles. The van der Waals surface area contributed by atoms with E-state index < -0.39 is 0 Å². The van der Waals surface area contributed by atoms with Crippen molar-refractivity contribution in [1.82, 2.24) is 4.90 Å². The Kier molecular flexibility index (Phi) is 6.42. The minimum Gasteiger partial charge on any atom is -0.490 e. The van der Waals surface area contributed by atoms with Gasteiger partial charge in [-0.3, -0.25) is 14.5 Å². The van der Waals surface area contributed by atoms with Crippen molar-refractivity contribution in [3.05, 3.63) is 48.0 Å². The van der Waals surface area contributed by atoms with E-state index >= 15 is 0 Å². The number of ether oxygens (including phenoxy) is 2. The van der Waals surface area contributed by atoms with Crippen molar-refractivity contribution in [2.75, 3.05) is 30.4 Å². The summed E-state index contributed by atoms with van der Waals surface area (Å²) in [6.07, 6.45) is 2.92. The highest BCUT2D eigenvalue weighted by Gasteiger charge is 2.33. The summed E-state index contributed by atoms with van der Waals surface area (Å²) in [6, 6.07) is 13.2. The molecule has 2 heterocycles. The van der Waals surface area contributed by atoms with Gasteiger partial charge in [-0.15, -0.1) is 0 Å². The molecule has 2 atom stereocenters. The van der Waals surface area contributed by atoms with Gasteiger partial charge in [0.15, 0.2) is 11.5 Å². The van der Waals surface area contributed by atoms with Gasteiger partial charge in [0.2, 0.25) is 11.8 Å². The molecule has 0 bridgehead atoms. The lowest BCUT2D eigenvalue weighted by molar-refractivity contribution is -0.121. The van der Waals surface area contributed by atoms with E-state index in [1.807, 2.05) is 13.0 Å². The molecular formula is C24H29N3O4. The second kappa shape index (κ2) is 9.39. The van der Waals surface area contributed by atoms with E-state index in [2.05, 4.69) is 27.7 Å². The summed E-state index contributed by atoms with van der Waals surface area (Å²) in [4.78, 5) is 26.4. The Hall–Kier alpha value is -3.06. The van der Waals surface area contributed by atoms with Gasteiger partial charge < -0.3 is 20.1 Å². The molecule has 7 heteroatoms. The molecular weight excluding hydrogens is 394 g/mol. The minimum atomic E-state index is -0.279. The number of anilines is 2. The third kappa shape index (κ3) is 4.99. The number of rotatable bonds is 5. The number of fused-ring (bicyclic) bond motifs is 1. The van der Waals surface area contributed by atoms with Gasteiger partial charge in [-0.1, -0.05) is 6.07 Å². The summed E-state index contributed by atoms with van der Waals surface area (Å²) in [5, 5.41) is 5.71. The Morgan fingerprint density at radius 3 is 2.35 bits per heavy atom. The molecule has 164 valence electrons. The lowest BCUT2D eigenvalue weighted by Gasteiger charge is -2.30. The van der Waals surface area contributed by atoms with Crippen LogP contribution in [0.3, 0.4) is 0 Å². The van der Waals surface area contributed by atoms with Gasteiger partial charge in [-0.25, -0.2) is 0 Å². The van der Waals surface area contributed by atoms with Crippen LogP contribution >= 0.6 is 0 Å². The van der Waals surface area contributed by atoms with Crippen LogP contribution in [-0.4, -0.2) is 42.5 Å². The molecule has 0 aliphatic carbocycles. The molecule has 2 N–H and O–H groups in total. The Morgan fingerprint density at radius 1 is 0.968 bits per heavy atom. The Morgan fingerprint density at radius 2 is 1.65 bits per heavy atom. The third-order valence-electron chi connectivity index (χ3n) is 5.80. The van der Waals surface area contributed by atoms with Crippen LogP contribution in [-0.2, 0) is 9.59 Å². The maximum Gasteiger partial charge on any atom is 0.241 e. The zero-order valence-corrected chi connectivity index (χ0v) is 18.0. The number of nitrogens with one attached hydrogen (secondary N) is 2. The van der Waals surface area contributed by atoms with Crippen LogP contribution in [0.5, 0.6) is 11.5 Å². The first kappa shape index (κ1) is 21.2. The van der Waals surface area contributed by atoms with Crippen LogP contribution in [0, 0.1) is 0 Å². The van der Waals surface area contributed by atoms with Crippen molar-refractivity contribution >= 4 is 23.2 Å². The first-order valence-electron chi connectivity index (χ1n) is 10.8. The van der Waals surface area contributed by atoms with Crippen molar-refractivity contribution in [3.8, 4) is 11.5 Å². The predicted molar refractivity (Wildman–Crippen MR) is 120 cm³/mol. The SMILES string of the molecule is CC(=O)Nc1ccc(NC(=O)[C@H](C)N2CCC[C@@H]2c2ccc3c(c2)OCCCO3)cc1. The number of benzene rings is 2. The molecule has 2 aliphatic heterocycles. The molecule has 7 nitrogen and oxygen atoms in total. The van der Waals surface area contributed by atoms with Gasteiger partial charge in [0.05, 0.1) is 19.3 Å². The molecule has 4 rings (SSSR count). The number of hydrogen-bond donors (Lipinski definition) is 2. The molecule has 1 fully saturated rings. The average molecular weight is 424 g/mol. The highest BCUT2D eigenvalue weighted by atomic mass is 16.5. The number of hydrogen-bond acceptors (Lipinski definition) is 5. The van der Waals surface area contributed by atoms with Crippen LogP contribution < -0.4 is 20.1 Å². The number of nitrogens with zero attached hydrogens (tertiary/aromatic N) is 1. The Bertz CT molecular complexity index is 944. The fraction of sp³-hybridized carbons (Fsp3) is 0.417. The molecule has 0 radical (unpaired) electrons. The molecule has 1 saturated heterocycles.